The number of nitrogens with one attached hydrogen (secondary N) is 2. The summed E-state index contributed by atoms with van der Waals surface area (Å²) in [7, 11) is 0. The molecule has 0 aliphatic rings. The fourth-order valence-corrected chi connectivity index (χ4v) is 2.90. The molecule has 2 aromatic rings. The zero-order valence-electron chi connectivity index (χ0n) is 10.5. The molecule has 2 rings (SSSR count). The zero-order chi connectivity index (χ0) is 14.5. The molecule has 0 spiro atoms. The van der Waals surface area contributed by atoms with Crippen molar-refractivity contribution < 1.29 is 4.39 Å². The number of benzene rings is 1. The number of para-hydroxylation sites is 1. The molecule has 0 saturated heterocycles. The molecule has 1 aromatic carbocycles. The molecule has 0 unspecified atom stereocenters. The van der Waals surface area contributed by atoms with Crippen LogP contribution in [0.5, 0.6) is 0 Å². The second-order valence-corrected chi connectivity index (χ2v) is 6.72. The van der Waals surface area contributed by atoms with Gasteiger partial charge in [-0.3, -0.25) is 5.43 Å². The quantitative estimate of drug-likeness (QED) is 0.478. The molecule has 0 saturated carbocycles. The number of anilines is 1. The zero-order valence-corrected chi connectivity index (χ0v) is 13.7. The Balaban J connectivity index is 1.97. The number of thiophene rings is 1. The highest BCUT2D eigenvalue weighted by atomic mass is 79.9. The molecule has 1 aromatic heterocycles. The van der Waals surface area contributed by atoms with Crippen LogP contribution in [0.3, 0.4) is 0 Å². The molecule has 104 valence electrons. The number of nitrogens with zero attached hydrogens (tertiary/aromatic N) is 1. The number of thiocarbonyl (C=S) groups is 1. The molecule has 0 fully saturated rings. The van der Waals surface area contributed by atoms with E-state index in [1.807, 2.05) is 19.1 Å². The Morgan fingerprint density at radius 2 is 2.05 bits per heavy atom. The van der Waals surface area contributed by atoms with Crippen LogP contribution >= 0.6 is 39.5 Å². The van der Waals surface area contributed by atoms with Crippen LogP contribution in [0, 0.1) is 5.82 Å². The minimum absolute atomic E-state index is 0.241. The number of hydrogen-bond acceptors (Lipinski definition) is 3. The molecule has 2 N–H and O–H groups in total. The Morgan fingerprint density at radius 1 is 1.30 bits per heavy atom. The molecule has 0 atom stereocenters. The predicted molar refractivity (Wildman–Crippen MR) is 90.0 cm³/mol. The van der Waals surface area contributed by atoms with Gasteiger partial charge in [0.05, 0.1) is 20.1 Å². The lowest BCUT2D eigenvalue weighted by molar-refractivity contribution is 0.632. The standard InChI is InChI=1S/C13H11BrFN3S2/c1-8(11-6-7-12(14)20-11)17-18-13(19)16-10-5-3-2-4-9(10)15/h2-7H,1H3,(H2,16,18,19). The monoisotopic (exact) mass is 371 g/mol. The Labute approximate surface area is 134 Å². The van der Waals surface area contributed by atoms with Gasteiger partial charge in [0, 0.05) is 0 Å². The Morgan fingerprint density at radius 3 is 2.70 bits per heavy atom. The first kappa shape index (κ1) is 15.1. The van der Waals surface area contributed by atoms with Crippen molar-refractivity contribution in [3.63, 3.8) is 0 Å². The molecule has 0 bridgehead atoms. The predicted octanol–water partition coefficient (Wildman–Crippen LogP) is 4.36. The van der Waals surface area contributed by atoms with E-state index in [9.17, 15) is 4.39 Å². The number of hydrazone groups is 1. The summed E-state index contributed by atoms with van der Waals surface area (Å²) in [6, 6.07) is 10.2. The fourth-order valence-electron chi connectivity index (χ4n) is 1.41. The minimum atomic E-state index is -0.362. The van der Waals surface area contributed by atoms with Crippen LogP contribution in [0.2, 0.25) is 0 Å². The van der Waals surface area contributed by atoms with Crippen molar-refractivity contribution in [3.8, 4) is 0 Å². The third-order valence-electron chi connectivity index (χ3n) is 2.38. The first-order valence-corrected chi connectivity index (χ1v) is 7.69. The molecular weight excluding hydrogens is 361 g/mol. The van der Waals surface area contributed by atoms with Crippen LogP contribution in [-0.2, 0) is 0 Å². The summed E-state index contributed by atoms with van der Waals surface area (Å²) in [5.74, 6) is -0.362. The first-order valence-electron chi connectivity index (χ1n) is 5.68. The maximum absolute atomic E-state index is 13.4. The van der Waals surface area contributed by atoms with Crippen molar-refractivity contribution in [2.75, 3.05) is 5.32 Å². The van der Waals surface area contributed by atoms with Gasteiger partial charge in [0.15, 0.2) is 5.11 Å². The van der Waals surface area contributed by atoms with Crippen molar-refractivity contribution in [1.82, 2.24) is 5.43 Å². The lowest BCUT2D eigenvalue weighted by atomic mass is 10.3. The molecule has 0 aliphatic carbocycles. The van der Waals surface area contributed by atoms with E-state index in [-0.39, 0.29) is 10.9 Å². The molecule has 1 heterocycles. The second kappa shape index (κ2) is 6.92. The molecule has 7 heteroatoms. The van der Waals surface area contributed by atoms with Crippen LogP contribution in [0.1, 0.15) is 11.8 Å². The summed E-state index contributed by atoms with van der Waals surface area (Å²) in [5, 5.41) is 7.16. The molecular formula is C13H11BrFN3S2. The van der Waals surface area contributed by atoms with Crippen molar-refractivity contribution >= 4 is 56.0 Å². The summed E-state index contributed by atoms with van der Waals surface area (Å²) in [4.78, 5) is 1.03. The molecule has 20 heavy (non-hydrogen) atoms. The van der Waals surface area contributed by atoms with Crippen LogP contribution in [-0.4, -0.2) is 10.8 Å². The van der Waals surface area contributed by atoms with Gasteiger partial charge in [-0.15, -0.1) is 11.3 Å². The normalized spacial score (nSPS) is 11.2. The van der Waals surface area contributed by atoms with E-state index >= 15 is 0 Å². The summed E-state index contributed by atoms with van der Waals surface area (Å²) in [5.41, 5.74) is 3.82. The van der Waals surface area contributed by atoms with E-state index in [0.29, 0.717) is 5.69 Å². The van der Waals surface area contributed by atoms with Crippen molar-refractivity contribution in [2.45, 2.75) is 6.92 Å². The van der Waals surface area contributed by atoms with Gasteiger partial charge in [-0.2, -0.15) is 5.10 Å². The van der Waals surface area contributed by atoms with E-state index in [1.54, 1.807) is 29.5 Å². The second-order valence-electron chi connectivity index (χ2n) is 3.85. The maximum Gasteiger partial charge on any atom is 0.191 e. The highest BCUT2D eigenvalue weighted by molar-refractivity contribution is 9.11. The van der Waals surface area contributed by atoms with Gasteiger partial charge in [-0.05, 0) is 59.3 Å². The summed E-state index contributed by atoms with van der Waals surface area (Å²) in [6.45, 7) is 1.87. The fraction of sp³-hybridized carbons (Fsp3) is 0.0769. The van der Waals surface area contributed by atoms with Gasteiger partial charge in [-0.1, -0.05) is 12.1 Å². The summed E-state index contributed by atoms with van der Waals surface area (Å²) >= 11 is 10.0. The topological polar surface area (TPSA) is 36.4 Å². The number of halogens is 2. The number of hydrogen-bond donors (Lipinski definition) is 2. The lowest BCUT2D eigenvalue weighted by Gasteiger charge is -2.08. The van der Waals surface area contributed by atoms with Crippen molar-refractivity contribution in [2.24, 2.45) is 5.10 Å². The van der Waals surface area contributed by atoms with Crippen LogP contribution in [0.15, 0.2) is 45.3 Å². The highest BCUT2D eigenvalue weighted by Crippen LogP contribution is 2.22. The summed E-state index contributed by atoms with van der Waals surface area (Å²) in [6.07, 6.45) is 0. The van der Waals surface area contributed by atoms with E-state index in [1.165, 1.54) is 6.07 Å². The van der Waals surface area contributed by atoms with Gasteiger partial charge in [-0.25, -0.2) is 4.39 Å². The highest BCUT2D eigenvalue weighted by Gasteiger charge is 2.04. The lowest BCUT2D eigenvalue weighted by Crippen LogP contribution is -2.25. The first-order chi connectivity index (χ1) is 9.56. The largest absolute Gasteiger partial charge is 0.329 e. The van der Waals surface area contributed by atoms with E-state index in [0.717, 1.165) is 14.4 Å². The third-order valence-corrected chi connectivity index (χ3v) is 4.30. The Bertz CT molecular complexity index is 655. The third kappa shape index (κ3) is 4.09. The van der Waals surface area contributed by atoms with Crippen molar-refractivity contribution in [3.05, 3.63) is 50.9 Å². The van der Waals surface area contributed by atoms with E-state index in [2.05, 4.69) is 31.8 Å². The smallest absolute Gasteiger partial charge is 0.191 e. The Hall–Kier alpha value is -1.31. The maximum atomic E-state index is 13.4. The van der Waals surface area contributed by atoms with Gasteiger partial charge in [0.25, 0.3) is 0 Å². The average molecular weight is 372 g/mol. The van der Waals surface area contributed by atoms with Gasteiger partial charge < -0.3 is 5.32 Å². The van der Waals surface area contributed by atoms with E-state index < -0.39 is 0 Å². The SMILES string of the molecule is CC(=NNC(=S)Nc1ccccc1F)c1ccc(Br)s1. The van der Waals surface area contributed by atoms with Crippen molar-refractivity contribution in [1.29, 1.82) is 0 Å². The van der Waals surface area contributed by atoms with Crippen LogP contribution in [0.4, 0.5) is 10.1 Å². The van der Waals surface area contributed by atoms with E-state index in [4.69, 9.17) is 12.2 Å². The minimum Gasteiger partial charge on any atom is -0.329 e. The molecule has 0 aliphatic heterocycles. The summed E-state index contributed by atoms with van der Waals surface area (Å²) < 4.78 is 14.5. The van der Waals surface area contributed by atoms with Crippen LogP contribution in [0.25, 0.3) is 0 Å². The van der Waals surface area contributed by atoms with Crippen LogP contribution < -0.4 is 10.7 Å². The van der Waals surface area contributed by atoms with Gasteiger partial charge in [0.2, 0.25) is 0 Å². The van der Waals surface area contributed by atoms with Gasteiger partial charge >= 0.3 is 0 Å². The molecule has 0 amide bonds. The molecule has 3 nitrogen and oxygen atoms in total. The van der Waals surface area contributed by atoms with Gasteiger partial charge in [0.1, 0.15) is 5.82 Å². The average Bonchev–Trinajstić information content (AvgIpc) is 2.85. The molecule has 0 radical (unpaired) electrons. The number of rotatable bonds is 3. The Kier molecular flexibility index (Phi) is 5.22.